The van der Waals surface area contributed by atoms with E-state index in [2.05, 4.69) is 15.1 Å². The van der Waals surface area contributed by atoms with Crippen LogP contribution in [0, 0.1) is 0 Å². The molecule has 0 unspecified atom stereocenters. The average Bonchev–Trinajstić information content (AvgIpc) is 3.05. The van der Waals surface area contributed by atoms with E-state index < -0.39 is 0 Å². The van der Waals surface area contributed by atoms with Crippen molar-refractivity contribution in [3.63, 3.8) is 0 Å². The van der Waals surface area contributed by atoms with Crippen LogP contribution in [0.25, 0.3) is 11.3 Å². The molecule has 0 saturated heterocycles. The molecule has 7 nitrogen and oxygen atoms in total. The van der Waals surface area contributed by atoms with Crippen LogP contribution in [0.15, 0.2) is 52.0 Å². The first-order valence-electron chi connectivity index (χ1n) is 8.61. The Morgan fingerprint density at radius 2 is 2.08 bits per heavy atom. The number of ether oxygens (including phenoxy) is 2. The van der Waals surface area contributed by atoms with Gasteiger partial charge in [0.25, 0.3) is 5.56 Å². The summed E-state index contributed by atoms with van der Waals surface area (Å²) in [6, 6.07) is 9.03. The second-order valence-electron chi connectivity index (χ2n) is 6.23. The molecule has 0 spiro atoms. The first-order chi connectivity index (χ1) is 12.7. The molecule has 1 aliphatic rings. The molecular weight excluding hydrogens is 334 g/mol. The van der Waals surface area contributed by atoms with Crippen molar-refractivity contribution in [3.8, 4) is 23.1 Å². The highest BCUT2D eigenvalue weighted by Crippen LogP contribution is 2.39. The van der Waals surface area contributed by atoms with Gasteiger partial charge in [-0.1, -0.05) is 0 Å². The molecule has 0 bridgehead atoms. The van der Waals surface area contributed by atoms with Gasteiger partial charge in [-0.2, -0.15) is 5.16 Å². The zero-order valence-electron chi connectivity index (χ0n) is 14.3. The number of aromatic nitrogens is 3. The molecule has 134 valence electrons. The lowest BCUT2D eigenvalue weighted by Gasteiger charge is -2.35. The summed E-state index contributed by atoms with van der Waals surface area (Å²) >= 11 is 0. The van der Waals surface area contributed by atoms with Crippen molar-refractivity contribution in [2.75, 3.05) is 6.61 Å². The third-order valence-electron chi connectivity index (χ3n) is 4.45. The van der Waals surface area contributed by atoms with Crippen LogP contribution in [0.1, 0.15) is 31.2 Å². The standard InChI is InChI=1S/C19H19N3O4/c1-2-24-19-9-12(5-6-20-19)14-7-15(8-14)25-18-4-3-13(11-21-18)16-10-17(23)22-26-16/h3-6,9-11,14-15H,2,7-8H2,1H3,(H,22,23). The summed E-state index contributed by atoms with van der Waals surface area (Å²) < 4.78 is 16.4. The Bertz CT molecular complexity index is 926. The first-order valence-corrected chi connectivity index (χ1v) is 8.61. The molecule has 1 aliphatic carbocycles. The predicted molar refractivity (Wildman–Crippen MR) is 94.4 cm³/mol. The van der Waals surface area contributed by atoms with E-state index in [1.54, 1.807) is 18.5 Å². The summed E-state index contributed by atoms with van der Waals surface area (Å²) in [5.74, 6) is 2.15. The van der Waals surface area contributed by atoms with Gasteiger partial charge in [-0.25, -0.2) is 9.97 Å². The van der Waals surface area contributed by atoms with E-state index in [1.165, 1.54) is 11.6 Å². The third-order valence-corrected chi connectivity index (χ3v) is 4.45. The molecule has 0 aliphatic heterocycles. The highest BCUT2D eigenvalue weighted by molar-refractivity contribution is 5.55. The summed E-state index contributed by atoms with van der Waals surface area (Å²) in [6.45, 7) is 2.56. The Morgan fingerprint density at radius 1 is 1.19 bits per heavy atom. The minimum absolute atomic E-state index is 0.146. The van der Waals surface area contributed by atoms with Crippen molar-refractivity contribution in [2.24, 2.45) is 0 Å². The van der Waals surface area contributed by atoms with Gasteiger partial charge in [0.15, 0.2) is 5.76 Å². The van der Waals surface area contributed by atoms with Gasteiger partial charge in [0.2, 0.25) is 11.8 Å². The summed E-state index contributed by atoms with van der Waals surface area (Å²) in [7, 11) is 0. The zero-order valence-corrected chi connectivity index (χ0v) is 14.3. The highest BCUT2D eigenvalue weighted by atomic mass is 16.5. The molecule has 1 saturated carbocycles. The fraction of sp³-hybridized carbons (Fsp3) is 0.316. The summed E-state index contributed by atoms with van der Waals surface area (Å²) in [6.07, 6.45) is 5.44. The van der Waals surface area contributed by atoms with Crippen LogP contribution in [0.5, 0.6) is 11.8 Å². The van der Waals surface area contributed by atoms with Crippen LogP contribution in [-0.2, 0) is 0 Å². The number of pyridine rings is 2. The Morgan fingerprint density at radius 3 is 2.77 bits per heavy atom. The van der Waals surface area contributed by atoms with Crippen LogP contribution < -0.4 is 15.0 Å². The molecule has 3 aromatic rings. The van der Waals surface area contributed by atoms with E-state index in [0.29, 0.717) is 30.0 Å². The maximum Gasteiger partial charge on any atom is 0.280 e. The smallest absolute Gasteiger partial charge is 0.280 e. The van der Waals surface area contributed by atoms with Crippen LogP contribution in [0.2, 0.25) is 0 Å². The quantitative estimate of drug-likeness (QED) is 0.732. The molecule has 0 amide bonds. The molecule has 3 aromatic heterocycles. The van der Waals surface area contributed by atoms with Crippen LogP contribution in [0.3, 0.4) is 0 Å². The molecule has 3 heterocycles. The second-order valence-corrected chi connectivity index (χ2v) is 6.23. The number of nitrogens with one attached hydrogen (secondary N) is 1. The van der Waals surface area contributed by atoms with Crippen molar-refractivity contribution in [1.82, 2.24) is 15.1 Å². The van der Waals surface area contributed by atoms with Crippen LogP contribution in [-0.4, -0.2) is 27.8 Å². The third kappa shape index (κ3) is 3.46. The molecule has 1 fully saturated rings. The van der Waals surface area contributed by atoms with Gasteiger partial charge < -0.3 is 14.0 Å². The molecule has 26 heavy (non-hydrogen) atoms. The van der Waals surface area contributed by atoms with E-state index in [4.69, 9.17) is 14.0 Å². The topological polar surface area (TPSA) is 90.2 Å². The molecule has 0 atom stereocenters. The molecule has 0 aromatic carbocycles. The average molecular weight is 353 g/mol. The first kappa shape index (κ1) is 16.4. The molecule has 0 radical (unpaired) electrons. The number of nitrogens with zero attached hydrogens (tertiary/aromatic N) is 2. The number of hydrogen-bond donors (Lipinski definition) is 1. The summed E-state index contributed by atoms with van der Waals surface area (Å²) in [5, 5.41) is 2.26. The highest BCUT2D eigenvalue weighted by Gasteiger charge is 2.32. The summed E-state index contributed by atoms with van der Waals surface area (Å²) in [4.78, 5) is 19.6. The lowest BCUT2D eigenvalue weighted by Crippen LogP contribution is -2.32. The number of rotatable bonds is 6. The normalized spacial score (nSPS) is 19.0. The van der Waals surface area contributed by atoms with Gasteiger partial charge in [0, 0.05) is 30.1 Å². The molecule has 1 N–H and O–H groups in total. The van der Waals surface area contributed by atoms with Crippen molar-refractivity contribution < 1.29 is 14.0 Å². The Kier molecular flexibility index (Phi) is 4.43. The predicted octanol–water partition coefficient (Wildman–Crippen LogP) is 3.15. The van der Waals surface area contributed by atoms with E-state index in [1.807, 2.05) is 25.1 Å². The summed E-state index contributed by atoms with van der Waals surface area (Å²) in [5.41, 5.74) is 1.68. The van der Waals surface area contributed by atoms with Crippen molar-refractivity contribution in [1.29, 1.82) is 0 Å². The van der Waals surface area contributed by atoms with E-state index in [0.717, 1.165) is 18.4 Å². The largest absolute Gasteiger partial charge is 0.478 e. The Hall–Kier alpha value is -3.09. The van der Waals surface area contributed by atoms with Gasteiger partial charge in [-0.3, -0.25) is 4.79 Å². The molecule has 7 heteroatoms. The Labute approximate surface area is 150 Å². The van der Waals surface area contributed by atoms with E-state index in [9.17, 15) is 4.79 Å². The van der Waals surface area contributed by atoms with Gasteiger partial charge in [0.1, 0.15) is 6.10 Å². The second kappa shape index (κ2) is 7.03. The van der Waals surface area contributed by atoms with Crippen molar-refractivity contribution >= 4 is 0 Å². The number of aromatic amines is 1. The van der Waals surface area contributed by atoms with E-state index >= 15 is 0 Å². The number of H-pyrrole nitrogens is 1. The van der Waals surface area contributed by atoms with Crippen molar-refractivity contribution in [2.45, 2.75) is 31.8 Å². The SMILES string of the molecule is CCOc1cc(C2CC(Oc3ccc(-c4cc(=O)[nH]o4)cn3)C2)ccn1. The van der Waals surface area contributed by atoms with E-state index in [-0.39, 0.29) is 11.7 Å². The lowest BCUT2D eigenvalue weighted by atomic mass is 9.78. The van der Waals surface area contributed by atoms with Gasteiger partial charge >= 0.3 is 0 Å². The zero-order chi connectivity index (χ0) is 17.9. The van der Waals surface area contributed by atoms with Gasteiger partial charge in [-0.15, -0.1) is 0 Å². The van der Waals surface area contributed by atoms with Crippen LogP contribution in [0.4, 0.5) is 0 Å². The fourth-order valence-electron chi connectivity index (χ4n) is 3.03. The minimum atomic E-state index is -0.274. The number of hydrogen-bond acceptors (Lipinski definition) is 6. The Balaban J connectivity index is 1.34. The van der Waals surface area contributed by atoms with Crippen LogP contribution >= 0.6 is 0 Å². The van der Waals surface area contributed by atoms with Crippen molar-refractivity contribution in [3.05, 3.63) is 58.6 Å². The monoisotopic (exact) mass is 353 g/mol. The van der Waals surface area contributed by atoms with Gasteiger partial charge in [0.05, 0.1) is 12.7 Å². The van der Waals surface area contributed by atoms with Gasteiger partial charge in [-0.05, 0) is 43.4 Å². The fourth-order valence-corrected chi connectivity index (χ4v) is 3.03. The maximum absolute atomic E-state index is 11.1. The molecular formula is C19H19N3O4. The maximum atomic E-state index is 11.1. The lowest BCUT2D eigenvalue weighted by molar-refractivity contribution is 0.0934. The molecule has 4 rings (SSSR count). The minimum Gasteiger partial charge on any atom is -0.478 e.